The fourth-order valence-corrected chi connectivity index (χ4v) is 1.55. The first-order valence-electron chi connectivity index (χ1n) is 3.67. The Hall–Kier alpha value is -1.30. The number of urea groups is 1. The van der Waals surface area contributed by atoms with Crippen molar-refractivity contribution in [1.29, 1.82) is 0 Å². The van der Waals surface area contributed by atoms with Gasteiger partial charge in [-0.15, -0.1) is 0 Å². The second-order valence-electron chi connectivity index (χ2n) is 2.86. The summed E-state index contributed by atoms with van der Waals surface area (Å²) in [5, 5.41) is 5.00. The Labute approximate surface area is 78.9 Å². The molecule has 0 saturated carbocycles. The van der Waals surface area contributed by atoms with E-state index in [2.05, 4.69) is 15.6 Å². The van der Waals surface area contributed by atoms with E-state index in [1.54, 1.807) is 7.05 Å². The van der Waals surface area contributed by atoms with Crippen molar-refractivity contribution in [1.82, 2.24) is 15.5 Å². The van der Waals surface area contributed by atoms with Crippen molar-refractivity contribution >= 4 is 28.8 Å². The Kier molecular flexibility index (Phi) is 1.66. The van der Waals surface area contributed by atoms with Crippen LogP contribution in [-0.4, -0.2) is 41.4 Å². The van der Waals surface area contributed by atoms with Gasteiger partial charge in [-0.2, -0.15) is 0 Å². The van der Waals surface area contributed by atoms with Gasteiger partial charge in [-0.3, -0.25) is 10.1 Å². The number of imide groups is 1. The zero-order valence-corrected chi connectivity index (χ0v) is 7.50. The molecule has 2 unspecified atom stereocenters. The standard InChI is InChI=1S/C6H7ClN4O2/c1-11-3-2(8-5(7)9-3)4(12)10-6(11)13/h2-3H,1H3,(H,8,9)(H,10,12,13). The molecule has 0 bridgehead atoms. The number of amides is 3. The Morgan fingerprint density at radius 1 is 1.54 bits per heavy atom. The smallest absolute Gasteiger partial charge is 0.325 e. The summed E-state index contributed by atoms with van der Waals surface area (Å²) in [6, 6.07) is -1.02. The number of amidine groups is 1. The number of likely N-dealkylation sites (N-methyl/N-ethyl adjacent to an activating group) is 1. The molecule has 0 spiro atoms. The van der Waals surface area contributed by atoms with E-state index < -0.39 is 24.1 Å². The van der Waals surface area contributed by atoms with Crippen molar-refractivity contribution in [3.63, 3.8) is 0 Å². The predicted molar refractivity (Wildman–Crippen MR) is 45.3 cm³/mol. The number of hydrogen-bond acceptors (Lipinski definition) is 4. The van der Waals surface area contributed by atoms with Gasteiger partial charge in [0.25, 0.3) is 5.91 Å². The monoisotopic (exact) mass is 202 g/mol. The normalized spacial score (nSPS) is 32.2. The maximum absolute atomic E-state index is 11.2. The minimum absolute atomic E-state index is 0.159. The van der Waals surface area contributed by atoms with E-state index in [0.717, 1.165) is 0 Å². The molecule has 1 saturated heterocycles. The molecule has 2 aliphatic rings. The molecule has 2 atom stereocenters. The van der Waals surface area contributed by atoms with Gasteiger partial charge in [-0.1, -0.05) is 0 Å². The van der Waals surface area contributed by atoms with Crippen LogP contribution in [-0.2, 0) is 4.79 Å². The number of hydrogen-bond donors (Lipinski definition) is 2. The highest BCUT2D eigenvalue weighted by Gasteiger charge is 2.43. The van der Waals surface area contributed by atoms with Crippen LogP contribution in [0.5, 0.6) is 0 Å². The van der Waals surface area contributed by atoms with E-state index in [4.69, 9.17) is 11.6 Å². The van der Waals surface area contributed by atoms with Gasteiger partial charge < -0.3 is 10.2 Å². The van der Waals surface area contributed by atoms with Crippen LogP contribution in [0, 0.1) is 0 Å². The Morgan fingerprint density at radius 3 is 2.92 bits per heavy atom. The number of halogens is 1. The molecular formula is C6H7ClN4O2. The number of carbonyl (C=O) groups is 2. The molecule has 7 heteroatoms. The maximum Gasteiger partial charge on any atom is 0.325 e. The Morgan fingerprint density at radius 2 is 2.23 bits per heavy atom. The predicted octanol–water partition coefficient (Wildman–Crippen LogP) is -0.939. The number of aliphatic imine (C=N–C) groups is 1. The molecule has 13 heavy (non-hydrogen) atoms. The van der Waals surface area contributed by atoms with E-state index in [9.17, 15) is 9.59 Å². The van der Waals surface area contributed by atoms with Crippen LogP contribution in [0.25, 0.3) is 0 Å². The number of fused-ring (bicyclic) bond motifs is 1. The second kappa shape index (κ2) is 2.59. The third-order valence-electron chi connectivity index (χ3n) is 2.05. The number of nitrogens with zero attached hydrogens (tertiary/aromatic N) is 2. The third-order valence-corrected chi connectivity index (χ3v) is 2.25. The Balaban J connectivity index is 2.29. The highest BCUT2D eigenvalue weighted by Crippen LogP contribution is 2.16. The quantitative estimate of drug-likeness (QED) is 0.498. The first kappa shape index (κ1) is 8.31. The van der Waals surface area contributed by atoms with Crippen LogP contribution < -0.4 is 10.6 Å². The van der Waals surface area contributed by atoms with E-state index in [1.807, 2.05) is 0 Å². The topological polar surface area (TPSA) is 73.8 Å². The molecule has 0 radical (unpaired) electrons. The van der Waals surface area contributed by atoms with Crippen molar-refractivity contribution in [2.24, 2.45) is 4.99 Å². The molecule has 6 nitrogen and oxygen atoms in total. The lowest BCUT2D eigenvalue weighted by Crippen LogP contribution is -2.62. The molecule has 2 heterocycles. The maximum atomic E-state index is 11.2. The molecule has 2 N–H and O–H groups in total. The van der Waals surface area contributed by atoms with Crippen LogP contribution in [0.15, 0.2) is 4.99 Å². The highest BCUT2D eigenvalue weighted by molar-refractivity contribution is 6.65. The molecule has 0 aromatic carbocycles. The van der Waals surface area contributed by atoms with E-state index >= 15 is 0 Å². The van der Waals surface area contributed by atoms with Gasteiger partial charge in [0.2, 0.25) is 0 Å². The van der Waals surface area contributed by atoms with Crippen molar-refractivity contribution in [3.05, 3.63) is 0 Å². The molecule has 0 aromatic rings. The van der Waals surface area contributed by atoms with Crippen molar-refractivity contribution in [2.45, 2.75) is 12.2 Å². The second-order valence-corrected chi connectivity index (χ2v) is 3.22. The summed E-state index contributed by atoms with van der Waals surface area (Å²) in [5.41, 5.74) is 0. The van der Waals surface area contributed by atoms with E-state index in [0.29, 0.717) is 0 Å². The highest BCUT2D eigenvalue weighted by atomic mass is 35.5. The molecule has 3 amide bonds. The van der Waals surface area contributed by atoms with Crippen molar-refractivity contribution < 1.29 is 9.59 Å². The van der Waals surface area contributed by atoms with Gasteiger partial charge in [0.05, 0.1) is 0 Å². The lowest BCUT2D eigenvalue weighted by Gasteiger charge is -2.31. The van der Waals surface area contributed by atoms with Crippen molar-refractivity contribution in [2.75, 3.05) is 7.05 Å². The summed E-state index contributed by atoms with van der Waals surface area (Å²) < 4.78 is 0. The zero-order chi connectivity index (χ0) is 9.59. The summed E-state index contributed by atoms with van der Waals surface area (Å²) >= 11 is 5.59. The number of rotatable bonds is 0. The minimum atomic E-state index is -0.560. The first-order valence-corrected chi connectivity index (χ1v) is 4.05. The molecule has 2 aliphatic heterocycles. The minimum Gasteiger partial charge on any atom is -0.345 e. The number of carbonyl (C=O) groups excluding carboxylic acids is 2. The van der Waals surface area contributed by atoms with Crippen LogP contribution >= 0.6 is 11.6 Å². The summed E-state index contributed by atoms with van der Waals surface area (Å²) in [6.07, 6.45) is -0.520. The van der Waals surface area contributed by atoms with Gasteiger partial charge in [0.15, 0.2) is 11.5 Å². The third kappa shape index (κ3) is 1.14. The van der Waals surface area contributed by atoms with Gasteiger partial charge >= 0.3 is 6.03 Å². The SMILES string of the molecule is CN1C(=O)NC(=O)C2NC(Cl)=NC21. The fourth-order valence-electron chi connectivity index (χ4n) is 1.33. The lowest BCUT2D eigenvalue weighted by atomic mass is 10.2. The molecule has 0 aromatic heterocycles. The average Bonchev–Trinajstić information content (AvgIpc) is 2.44. The molecular weight excluding hydrogens is 196 g/mol. The van der Waals surface area contributed by atoms with Gasteiger partial charge in [0.1, 0.15) is 6.04 Å². The summed E-state index contributed by atoms with van der Waals surface area (Å²) in [7, 11) is 1.56. The molecule has 1 fully saturated rings. The van der Waals surface area contributed by atoms with E-state index in [-0.39, 0.29) is 5.29 Å². The van der Waals surface area contributed by atoms with Crippen LogP contribution in [0.3, 0.4) is 0 Å². The zero-order valence-electron chi connectivity index (χ0n) is 6.74. The largest absolute Gasteiger partial charge is 0.345 e. The summed E-state index contributed by atoms with van der Waals surface area (Å²) in [6.45, 7) is 0. The average molecular weight is 203 g/mol. The molecule has 0 aliphatic carbocycles. The van der Waals surface area contributed by atoms with E-state index in [1.165, 1.54) is 4.90 Å². The number of nitrogens with one attached hydrogen (secondary N) is 2. The molecule has 70 valence electrons. The van der Waals surface area contributed by atoms with Gasteiger partial charge in [-0.05, 0) is 11.6 Å². The molecule has 2 rings (SSSR count). The first-order chi connectivity index (χ1) is 6.09. The van der Waals surface area contributed by atoms with Crippen LogP contribution in [0.1, 0.15) is 0 Å². The van der Waals surface area contributed by atoms with Gasteiger partial charge in [-0.25, -0.2) is 9.79 Å². The fraction of sp³-hybridized carbons (Fsp3) is 0.500. The summed E-state index contributed by atoms with van der Waals surface area (Å²) in [4.78, 5) is 27.6. The summed E-state index contributed by atoms with van der Waals surface area (Å²) in [5.74, 6) is -0.396. The Bertz CT molecular complexity index is 316. The lowest BCUT2D eigenvalue weighted by molar-refractivity contribution is -0.124. The van der Waals surface area contributed by atoms with Gasteiger partial charge in [0, 0.05) is 7.05 Å². The van der Waals surface area contributed by atoms with Crippen LogP contribution in [0.4, 0.5) is 4.79 Å². The van der Waals surface area contributed by atoms with Crippen LogP contribution in [0.2, 0.25) is 0 Å². The van der Waals surface area contributed by atoms with Crippen molar-refractivity contribution in [3.8, 4) is 0 Å².